The topological polar surface area (TPSA) is 48.1 Å². The fraction of sp³-hybridized carbons (Fsp3) is 0.350. The van der Waals surface area contributed by atoms with Crippen molar-refractivity contribution in [3.8, 4) is 17.1 Å². The van der Waals surface area contributed by atoms with Gasteiger partial charge >= 0.3 is 0 Å². The largest absolute Gasteiger partial charge is 0.496 e. The minimum absolute atomic E-state index is 0.440. The lowest BCUT2D eigenvalue weighted by atomic mass is 10.2. The van der Waals surface area contributed by atoms with Crippen molar-refractivity contribution in [2.24, 2.45) is 0 Å². The Hall–Kier alpha value is -2.22. The number of rotatable bonds is 7. The molecule has 0 bridgehead atoms. The number of nitrogens with zero attached hydrogens (tertiary/aromatic N) is 5. The number of hydrogen-bond donors (Lipinski definition) is 0. The Labute approximate surface area is 174 Å². The Bertz CT molecular complexity index is 1030. The average Bonchev–Trinajstić information content (AvgIpc) is 3.47. The Morgan fingerprint density at radius 2 is 2.14 bits per heavy atom. The number of pyridine rings is 1. The molecule has 0 unspecified atom stereocenters. The van der Waals surface area contributed by atoms with Gasteiger partial charge in [-0.25, -0.2) is 4.68 Å². The van der Waals surface area contributed by atoms with E-state index in [9.17, 15) is 0 Å². The van der Waals surface area contributed by atoms with Gasteiger partial charge in [-0.3, -0.25) is 14.5 Å². The maximum absolute atomic E-state index is 6.16. The van der Waals surface area contributed by atoms with Crippen LogP contribution in [0, 0.1) is 4.77 Å². The smallest absolute Gasteiger partial charge is 0.199 e. The molecule has 1 fully saturated rings. The lowest BCUT2D eigenvalue weighted by Crippen LogP contribution is -2.23. The summed E-state index contributed by atoms with van der Waals surface area (Å²) in [4.78, 5) is 6.37. The molecule has 3 aromatic rings. The fourth-order valence-electron chi connectivity index (χ4n) is 3.31. The van der Waals surface area contributed by atoms with Crippen molar-refractivity contribution >= 4 is 23.8 Å². The molecular formula is C20H22ClN5OS. The Balaban J connectivity index is 1.60. The van der Waals surface area contributed by atoms with Gasteiger partial charge in [0.15, 0.2) is 10.6 Å². The van der Waals surface area contributed by atoms with Crippen LogP contribution in [0.15, 0.2) is 42.7 Å². The van der Waals surface area contributed by atoms with Gasteiger partial charge in [0, 0.05) is 41.1 Å². The van der Waals surface area contributed by atoms with E-state index < -0.39 is 0 Å². The second kappa shape index (κ2) is 8.03. The summed E-state index contributed by atoms with van der Waals surface area (Å²) >= 11 is 11.9. The quantitative estimate of drug-likeness (QED) is 0.529. The van der Waals surface area contributed by atoms with Crippen LogP contribution in [0.1, 0.15) is 24.4 Å². The molecule has 0 radical (unpaired) electrons. The summed E-state index contributed by atoms with van der Waals surface area (Å²) in [6.07, 6.45) is 5.88. The first kappa shape index (κ1) is 19.1. The van der Waals surface area contributed by atoms with Crippen LogP contribution >= 0.6 is 23.8 Å². The Kier molecular flexibility index (Phi) is 5.48. The van der Waals surface area contributed by atoms with E-state index in [1.807, 2.05) is 48.3 Å². The number of benzene rings is 1. The zero-order valence-corrected chi connectivity index (χ0v) is 17.5. The lowest BCUT2D eigenvalue weighted by molar-refractivity contribution is 0.240. The first-order chi connectivity index (χ1) is 13.6. The highest BCUT2D eigenvalue weighted by Gasteiger charge is 2.29. The molecule has 1 saturated carbocycles. The maximum Gasteiger partial charge on any atom is 0.199 e. The van der Waals surface area contributed by atoms with Crippen LogP contribution in [0.4, 0.5) is 0 Å². The van der Waals surface area contributed by atoms with Gasteiger partial charge in [-0.1, -0.05) is 11.6 Å². The predicted octanol–water partition coefficient (Wildman–Crippen LogP) is 4.56. The van der Waals surface area contributed by atoms with Crippen molar-refractivity contribution in [3.05, 3.63) is 58.1 Å². The first-order valence-corrected chi connectivity index (χ1v) is 9.96. The molecule has 8 heteroatoms. The minimum Gasteiger partial charge on any atom is -0.496 e. The van der Waals surface area contributed by atoms with Gasteiger partial charge in [0.25, 0.3) is 0 Å². The second-order valence-corrected chi connectivity index (χ2v) is 7.86. The molecule has 0 saturated heterocycles. The van der Waals surface area contributed by atoms with Gasteiger partial charge in [0.2, 0.25) is 0 Å². The van der Waals surface area contributed by atoms with Gasteiger partial charge < -0.3 is 4.74 Å². The van der Waals surface area contributed by atoms with Gasteiger partial charge in [-0.2, -0.15) is 5.10 Å². The van der Waals surface area contributed by atoms with Gasteiger partial charge in [0.05, 0.1) is 13.8 Å². The van der Waals surface area contributed by atoms with Crippen LogP contribution in [0.3, 0.4) is 0 Å². The second-order valence-electron chi connectivity index (χ2n) is 7.06. The van der Waals surface area contributed by atoms with Crippen LogP contribution in [0.25, 0.3) is 11.4 Å². The molecule has 6 nitrogen and oxygen atoms in total. The van der Waals surface area contributed by atoms with Crippen LogP contribution in [0.5, 0.6) is 5.75 Å². The molecule has 4 rings (SSSR count). The van der Waals surface area contributed by atoms with Crippen molar-refractivity contribution < 1.29 is 4.74 Å². The zero-order chi connectivity index (χ0) is 19.7. The molecule has 0 spiro atoms. The highest BCUT2D eigenvalue weighted by atomic mass is 35.5. The first-order valence-electron chi connectivity index (χ1n) is 9.17. The van der Waals surface area contributed by atoms with Gasteiger partial charge in [-0.15, -0.1) is 0 Å². The summed E-state index contributed by atoms with van der Waals surface area (Å²) in [6, 6.07) is 10.0. The molecule has 146 valence electrons. The van der Waals surface area contributed by atoms with Crippen molar-refractivity contribution in [2.45, 2.75) is 32.1 Å². The molecule has 0 aliphatic heterocycles. The van der Waals surface area contributed by atoms with E-state index in [0.29, 0.717) is 24.3 Å². The molecule has 0 atom stereocenters. The molecule has 1 aliphatic carbocycles. The van der Waals surface area contributed by atoms with E-state index in [4.69, 9.17) is 33.7 Å². The van der Waals surface area contributed by atoms with Crippen molar-refractivity contribution in [1.82, 2.24) is 24.2 Å². The molecule has 1 aliphatic rings. The third kappa shape index (κ3) is 3.97. The molecule has 28 heavy (non-hydrogen) atoms. The number of methoxy groups -OCH3 is 1. The molecule has 0 N–H and O–H groups in total. The Morgan fingerprint density at radius 3 is 2.82 bits per heavy atom. The van der Waals surface area contributed by atoms with E-state index >= 15 is 0 Å². The number of ether oxygens (including phenoxy) is 1. The predicted molar refractivity (Wildman–Crippen MR) is 112 cm³/mol. The monoisotopic (exact) mass is 415 g/mol. The van der Waals surface area contributed by atoms with E-state index in [1.54, 1.807) is 13.3 Å². The van der Waals surface area contributed by atoms with Gasteiger partial charge in [0.1, 0.15) is 5.75 Å². The van der Waals surface area contributed by atoms with E-state index in [0.717, 1.165) is 40.3 Å². The third-order valence-electron chi connectivity index (χ3n) is 4.76. The van der Waals surface area contributed by atoms with Gasteiger partial charge in [-0.05, 0) is 62.4 Å². The lowest BCUT2D eigenvalue weighted by Gasteiger charge is -2.18. The minimum atomic E-state index is 0.440. The molecule has 1 aromatic carbocycles. The standard InChI is InChI=1S/C20H22ClN5OS/c1-24(12-15-10-16(21)5-8-18(15)27-2)13-25-20(28)26(17-6-7-17)19(23-25)14-4-3-9-22-11-14/h3-5,8-11,17H,6-7,12-13H2,1-2H3. The molecule has 0 amide bonds. The fourth-order valence-corrected chi connectivity index (χ4v) is 3.84. The summed E-state index contributed by atoms with van der Waals surface area (Å²) in [5, 5.41) is 5.51. The van der Waals surface area contributed by atoms with Crippen LogP contribution in [-0.4, -0.2) is 38.4 Å². The summed E-state index contributed by atoms with van der Waals surface area (Å²) in [5.74, 6) is 1.70. The molecular weight excluding hydrogens is 394 g/mol. The zero-order valence-electron chi connectivity index (χ0n) is 15.9. The van der Waals surface area contributed by atoms with Crippen molar-refractivity contribution in [2.75, 3.05) is 14.2 Å². The summed E-state index contributed by atoms with van der Waals surface area (Å²) < 4.78 is 10.2. The highest BCUT2D eigenvalue weighted by Crippen LogP contribution is 2.38. The maximum atomic E-state index is 6.16. The Morgan fingerprint density at radius 1 is 1.32 bits per heavy atom. The molecule has 2 aromatic heterocycles. The summed E-state index contributed by atoms with van der Waals surface area (Å²) in [6.45, 7) is 1.24. The summed E-state index contributed by atoms with van der Waals surface area (Å²) in [5.41, 5.74) is 2.01. The van der Waals surface area contributed by atoms with E-state index in [-0.39, 0.29) is 0 Å². The van der Waals surface area contributed by atoms with E-state index in [1.165, 1.54) is 0 Å². The SMILES string of the molecule is COc1ccc(Cl)cc1CN(C)Cn1nc(-c2cccnc2)n(C2CC2)c1=S. The normalized spacial score (nSPS) is 13.9. The van der Waals surface area contributed by atoms with Crippen LogP contribution in [-0.2, 0) is 13.2 Å². The number of aromatic nitrogens is 4. The van der Waals surface area contributed by atoms with Crippen LogP contribution in [0.2, 0.25) is 5.02 Å². The molecule has 2 heterocycles. The average molecular weight is 416 g/mol. The highest BCUT2D eigenvalue weighted by molar-refractivity contribution is 7.71. The van der Waals surface area contributed by atoms with Crippen molar-refractivity contribution in [3.63, 3.8) is 0 Å². The van der Waals surface area contributed by atoms with E-state index in [2.05, 4.69) is 14.5 Å². The van der Waals surface area contributed by atoms with Crippen molar-refractivity contribution in [1.29, 1.82) is 0 Å². The number of halogens is 1. The number of hydrogen-bond acceptors (Lipinski definition) is 5. The summed E-state index contributed by atoms with van der Waals surface area (Å²) in [7, 11) is 3.70. The third-order valence-corrected chi connectivity index (χ3v) is 5.40. The van der Waals surface area contributed by atoms with Crippen LogP contribution < -0.4 is 4.74 Å².